The number of thiol groups is 1. The van der Waals surface area contributed by atoms with Crippen LogP contribution in [-0.4, -0.2) is 45.1 Å². The topological polar surface area (TPSA) is 62.7 Å². The number of halogens is 1. The number of hydrogen-bond donors (Lipinski definition) is 1. The maximum absolute atomic E-state index is 12.9. The summed E-state index contributed by atoms with van der Waals surface area (Å²) >= 11 is 3.88. The first-order valence-corrected chi connectivity index (χ1v) is 9.06. The molecule has 1 aliphatic rings. The van der Waals surface area contributed by atoms with Crippen LogP contribution in [0.1, 0.15) is 18.9 Å². The number of benzene rings is 1. The van der Waals surface area contributed by atoms with E-state index in [9.17, 15) is 14.0 Å². The number of rotatable bonds is 6. The van der Waals surface area contributed by atoms with Crippen molar-refractivity contribution in [3.8, 4) is 11.6 Å². The third kappa shape index (κ3) is 4.77. The first-order valence-electron chi connectivity index (χ1n) is 8.62. The molecule has 1 atom stereocenters. The van der Waals surface area contributed by atoms with E-state index in [0.717, 1.165) is 5.56 Å². The van der Waals surface area contributed by atoms with Crippen molar-refractivity contribution in [1.82, 2.24) is 14.8 Å². The number of likely N-dealkylation sites (N-methyl/N-ethyl adjacent to an activating group) is 1. The first-order chi connectivity index (χ1) is 13.0. The highest BCUT2D eigenvalue weighted by Crippen LogP contribution is 2.22. The second kappa shape index (κ2) is 8.39. The van der Waals surface area contributed by atoms with Gasteiger partial charge in [-0.15, -0.1) is 0 Å². The summed E-state index contributed by atoms with van der Waals surface area (Å²) in [5.74, 6) is 0.541. The molecular weight excluding hydrogens is 369 g/mol. The summed E-state index contributed by atoms with van der Waals surface area (Å²) in [6, 6.07) is 9.05. The minimum absolute atomic E-state index is 0.000304. The lowest BCUT2D eigenvalue weighted by atomic mass is 10.2. The van der Waals surface area contributed by atoms with E-state index in [4.69, 9.17) is 4.74 Å². The average molecular weight is 389 g/mol. The Hall–Kier alpha value is -2.61. The highest BCUT2D eigenvalue weighted by atomic mass is 32.1. The van der Waals surface area contributed by atoms with E-state index >= 15 is 0 Å². The van der Waals surface area contributed by atoms with Gasteiger partial charge < -0.3 is 14.5 Å². The fourth-order valence-corrected chi connectivity index (χ4v) is 3.38. The minimum Gasteiger partial charge on any atom is -0.439 e. The molecule has 0 saturated carbocycles. The van der Waals surface area contributed by atoms with Crippen LogP contribution in [0.15, 0.2) is 42.6 Å². The molecule has 1 aliphatic heterocycles. The summed E-state index contributed by atoms with van der Waals surface area (Å²) in [5.41, 5.74) is 0.857. The van der Waals surface area contributed by atoms with Crippen molar-refractivity contribution >= 4 is 23.8 Å². The zero-order valence-electron chi connectivity index (χ0n) is 14.8. The molecular formula is C19H20FN3O3S. The standard InChI is InChI=1S/C19H20FN3O3S/c1-2-23(19(25)27)15-9-18(24)22(12-15)11-13-3-8-17(21-10-13)26-16-6-4-14(20)5-7-16/h3-8,10,15H,2,9,11-12H2,1H3,(H,25,27)/t15-/m1/s1. The largest absolute Gasteiger partial charge is 0.439 e. The second-order valence-corrected chi connectivity index (χ2v) is 6.64. The summed E-state index contributed by atoms with van der Waals surface area (Å²) in [5, 5.41) is -0.318. The Morgan fingerprint density at radius 3 is 2.67 bits per heavy atom. The smallest absolute Gasteiger partial charge is 0.278 e. The number of pyridine rings is 1. The minimum atomic E-state index is -0.333. The molecule has 2 aromatic rings. The highest BCUT2D eigenvalue weighted by molar-refractivity contribution is 7.96. The highest BCUT2D eigenvalue weighted by Gasteiger charge is 2.34. The van der Waals surface area contributed by atoms with Crippen LogP contribution in [0, 0.1) is 5.82 Å². The third-order valence-electron chi connectivity index (χ3n) is 4.43. The van der Waals surface area contributed by atoms with Crippen LogP contribution in [0.5, 0.6) is 11.6 Å². The van der Waals surface area contributed by atoms with Crippen LogP contribution >= 0.6 is 12.6 Å². The van der Waals surface area contributed by atoms with Crippen molar-refractivity contribution in [3.63, 3.8) is 0 Å². The van der Waals surface area contributed by atoms with E-state index in [-0.39, 0.29) is 23.0 Å². The Bertz CT molecular complexity index is 814. The lowest BCUT2D eigenvalue weighted by molar-refractivity contribution is -0.128. The number of nitrogens with zero attached hydrogens (tertiary/aromatic N) is 3. The van der Waals surface area contributed by atoms with Gasteiger partial charge in [-0.25, -0.2) is 9.37 Å². The van der Waals surface area contributed by atoms with Crippen molar-refractivity contribution in [1.29, 1.82) is 0 Å². The molecule has 27 heavy (non-hydrogen) atoms. The van der Waals surface area contributed by atoms with Crippen molar-refractivity contribution in [2.75, 3.05) is 13.1 Å². The third-order valence-corrected chi connectivity index (χ3v) is 4.69. The van der Waals surface area contributed by atoms with Gasteiger partial charge in [0.2, 0.25) is 11.8 Å². The molecule has 0 N–H and O–H groups in total. The molecule has 1 aromatic carbocycles. The predicted octanol–water partition coefficient (Wildman–Crippen LogP) is 3.49. The Balaban J connectivity index is 1.60. The normalized spacial score (nSPS) is 16.5. The predicted molar refractivity (Wildman–Crippen MR) is 101 cm³/mol. The Morgan fingerprint density at radius 2 is 2.07 bits per heavy atom. The summed E-state index contributed by atoms with van der Waals surface area (Å²) in [4.78, 5) is 31.3. The molecule has 1 aromatic heterocycles. The summed E-state index contributed by atoms with van der Waals surface area (Å²) in [6.07, 6.45) is 1.94. The first kappa shape index (κ1) is 19.2. The number of carbonyl (C=O) groups excluding carboxylic acids is 2. The van der Waals surface area contributed by atoms with E-state index < -0.39 is 0 Å². The molecule has 0 aliphatic carbocycles. The number of ether oxygens (including phenoxy) is 1. The van der Waals surface area contributed by atoms with Crippen molar-refractivity contribution in [3.05, 3.63) is 54.0 Å². The molecule has 1 saturated heterocycles. The van der Waals surface area contributed by atoms with Gasteiger partial charge in [0.1, 0.15) is 11.6 Å². The van der Waals surface area contributed by atoms with E-state index in [1.54, 1.807) is 22.1 Å². The number of hydrogen-bond acceptors (Lipinski definition) is 4. The monoisotopic (exact) mass is 389 g/mol. The number of carbonyl (C=O) groups is 2. The lowest BCUT2D eigenvalue weighted by Gasteiger charge is -2.25. The lowest BCUT2D eigenvalue weighted by Crippen LogP contribution is -2.39. The zero-order chi connectivity index (χ0) is 19.4. The molecule has 0 bridgehead atoms. The van der Waals surface area contributed by atoms with Crippen LogP contribution in [0.4, 0.5) is 9.18 Å². The maximum atomic E-state index is 12.9. The molecule has 0 radical (unpaired) electrons. The van der Waals surface area contributed by atoms with Crippen LogP contribution in [0.25, 0.3) is 0 Å². The number of amides is 2. The van der Waals surface area contributed by atoms with Gasteiger partial charge in [0.05, 0.1) is 6.04 Å². The van der Waals surface area contributed by atoms with Gasteiger partial charge in [-0.1, -0.05) is 18.7 Å². The Labute approximate surface area is 162 Å². The molecule has 0 unspecified atom stereocenters. The van der Waals surface area contributed by atoms with Crippen molar-refractivity contribution in [2.45, 2.75) is 25.9 Å². The molecule has 3 rings (SSSR count). The van der Waals surface area contributed by atoms with E-state index in [2.05, 4.69) is 17.6 Å². The van der Waals surface area contributed by atoms with Crippen LogP contribution in [-0.2, 0) is 11.3 Å². The molecule has 0 spiro atoms. The van der Waals surface area contributed by atoms with Crippen molar-refractivity contribution in [2.24, 2.45) is 0 Å². The van der Waals surface area contributed by atoms with E-state index in [0.29, 0.717) is 37.7 Å². The van der Waals surface area contributed by atoms with Gasteiger partial charge in [0.15, 0.2) is 0 Å². The molecule has 142 valence electrons. The van der Waals surface area contributed by atoms with Gasteiger partial charge in [-0.2, -0.15) is 0 Å². The maximum Gasteiger partial charge on any atom is 0.278 e. The Kier molecular flexibility index (Phi) is 5.95. The molecule has 1 fully saturated rings. The molecule has 2 amide bonds. The zero-order valence-corrected chi connectivity index (χ0v) is 15.7. The van der Waals surface area contributed by atoms with Crippen LogP contribution in [0.2, 0.25) is 0 Å². The fourth-order valence-electron chi connectivity index (χ4n) is 3.07. The van der Waals surface area contributed by atoms with E-state index in [1.165, 1.54) is 24.3 Å². The SMILES string of the molecule is CCN(C(=O)S)[C@@H]1CC(=O)N(Cc2ccc(Oc3ccc(F)cc3)nc2)C1. The number of aromatic nitrogens is 1. The van der Waals surface area contributed by atoms with Crippen molar-refractivity contribution < 1.29 is 18.7 Å². The van der Waals surface area contributed by atoms with Gasteiger partial charge >= 0.3 is 0 Å². The summed E-state index contributed by atoms with van der Waals surface area (Å²) in [7, 11) is 0. The molecule has 2 heterocycles. The van der Waals surface area contributed by atoms with Gasteiger partial charge in [0, 0.05) is 38.3 Å². The van der Waals surface area contributed by atoms with E-state index in [1.807, 2.05) is 13.0 Å². The van der Waals surface area contributed by atoms with Crippen LogP contribution in [0.3, 0.4) is 0 Å². The summed E-state index contributed by atoms with van der Waals surface area (Å²) < 4.78 is 18.5. The van der Waals surface area contributed by atoms with Gasteiger partial charge in [0.25, 0.3) is 5.24 Å². The van der Waals surface area contributed by atoms with Gasteiger partial charge in [-0.3, -0.25) is 9.59 Å². The average Bonchev–Trinajstić information content (AvgIpc) is 2.99. The molecule has 6 nitrogen and oxygen atoms in total. The second-order valence-electron chi connectivity index (χ2n) is 6.26. The fraction of sp³-hybridized carbons (Fsp3) is 0.316. The van der Waals surface area contributed by atoms with Gasteiger partial charge in [-0.05, 0) is 36.8 Å². The number of likely N-dealkylation sites (tertiary alicyclic amines) is 1. The summed E-state index contributed by atoms with van der Waals surface area (Å²) in [6.45, 7) is 3.28. The quantitative estimate of drug-likeness (QED) is 0.769. The van der Waals surface area contributed by atoms with Crippen LogP contribution < -0.4 is 4.74 Å². The molecule has 8 heteroatoms. The Morgan fingerprint density at radius 1 is 1.33 bits per heavy atom.